The second-order valence-electron chi connectivity index (χ2n) is 5.22. The number of carbonyl (C=O) groups is 1. The van der Waals surface area contributed by atoms with Crippen LogP contribution in [0.25, 0.3) is 0 Å². The van der Waals surface area contributed by atoms with Gasteiger partial charge in [0.15, 0.2) is 5.82 Å². The summed E-state index contributed by atoms with van der Waals surface area (Å²) in [5.41, 5.74) is -0.265. The molecule has 0 radical (unpaired) electrons. The summed E-state index contributed by atoms with van der Waals surface area (Å²) in [6, 6.07) is 4.76. The average Bonchev–Trinajstić information content (AvgIpc) is 2.89. The molecule has 126 valence electrons. The van der Waals surface area contributed by atoms with Crippen LogP contribution in [0.2, 0.25) is 0 Å². The van der Waals surface area contributed by atoms with Crippen molar-refractivity contribution in [3.8, 4) is 0 Å². The normalized spacial score (nSPS) is 16.2. The maximum atomic E-state index is 13.9. The van der Waals surface area contributed by atoms with Crippen molar-refractivity contribution >= 4 is 27.3 Å². The molecule has 1 aliphatic heterocycles. The number of hydrogen-bond donors (Lipinski definition) is 1. The van der Waals surface area contributed by atoms with Crippen LogP contribution in [-0.2, 0) is 10.0 Å². The fourth-order valence-corrected chi connectivity index (χ4v) is 4.00. The number of amides is 1. The summed E-state index contributed by atoms with van der Waals surface area (Å²) in [5.74, 6) is -2.42. The van der Waals surface area contributed by atoms with Gasteiger partial charge < -0.3 is 5.32 Å². The van der Waals surface area contributed by atoms with E-state index in [0.717, 1.165) is 22.6 Å². The summed E-state index contributed by atoms with van der Waals surface area (Å²) in [6.45, 7) is 0.292. The standard InChI is InChI=1S/C15H13F2N3O3S/c16-12-3-2-10(20-6-1-7-24(20,22)23)8-14(12)19-15(21)11-4-5-18-9-13(11)17/h2-5,8-9H,1,6-7H2,(H,19,21). The number of anilines is 2. The van der Waals surface area contributed by atoms with E-state index in [4.69, 9.17) is 0 Å². The number of aromatic nitrogens is 1. The first-order chi connectivity index (χ1) is 11.4. The first-order valence-corrected chi connectivity index (χ1v) is 8.70. The molecule has 2 aromatic rings. The lowest BCUT2D eigenvalue weighted by Gasteiger charge is -2.18. The number of sulfonamides is 1. The van der Waals surface area contributed by atoms with Crippen molar-refractivity contribution < 1.29 is 22.0 Å². The summed E-state index contributed by atoms with van der Waals surface area (Å²) < 4.78 is 52.5. The number of pyridine rings is 1. The maximum Gasteiger partial charge on any atom is 0.258 e. The van der Waals surface area contributed by atoms with E-state index >= 15 is 0 Å². The molecule has 0 bridgehead atoms. The van der Waals surface area contributed by atoms with Gasteiger partial charge in [-0.1, -0.05) is 0 Å². The van der Waals surface area contributed by atoms with Crippen molar-refractivity contribution in [2.45, 2.75) is 6.42 Å². The summed E-state index contributed by atoms with van der Waals surface area (Å²) in [6.07, 6.45) is 2.59. The average molecular weight is 353 g/mol. The number of carbonyl (C=O) groups excluding carboxylic acids is 1. The molecule has 1 aliphatic rings. The predicted molar refractivity (Wildman–Crippen MR) is 84.3 cm³/mol. The monoisotopic (exact) mass is 353 g/mol. The second-order valence-corrected chi connectivity index (χ2v) is 7.23. The van der Waals surface area contributed by atoms with Crippen LogP contribution < -0.4 is 9.62 Å². The fourth-order valence-electron chi connectivity index (χ4n) is 2.44. The van der Waals surface area contributed by atoms with Gasteiger partial charge in [-0.3, -0.25) is 14.1 Å². The highest BCUT2D eigenvalue weighted by Crippen LogP contribution is 2.28. The number of benzene rings is 1. The molecule has 1 N–H and O–H groups in total. The zero-order chi connectivity index (χ0) is 17.3. The van der Waals surface area contributed by atoms with Crippen molar-refractivity contribution in [1.29, 1.82) is 0 Å². The first-order valence-electron chi connectivity index (χ1n) is 7.09. The van der Waals surface area contributed by atoms with Crippen molar-refractivity contribution in [1.82, 2.24) is 4.98 Å². The van der Waals surface area contributed by atoms with E-state index < -0.39 is 27.6 Å². The van der Waals surface area contributed by atoms with E-state index in [0.29, 0.717) is 13.0 Å². The van der Waals surface area contributed by atoms with Gasteiger partial charge in [0.05, 0.1) is 28.9 Å². The zero-order valence-electron chi connectivity index (χ0n) is 12.4. The van der Waals surface area contributed by atoms with Gasteiger partial charge in [-0.15, -0.1) is 0 Å². The van der Waals surface area contributed by atoms with Gasteiger partial charge >= 0.3 is 0 Å². The molecule has 9 heteroatoms. The van der Waals surface area contributed by atoms with Gasteiger partial charge in [0.25, 0.3) is 5.91 Å². The van der Waals surface area contributed by atoms with Crippen molar-refractivity contribution in [2.24, 2.45) is 0 Å². The molecule has 6 nitrogen and oxygen atoms in total. The molecule has 1 aromatic heterocycles. The van der Waals surface area contributed by atoms with Crippen LogP contribution in [0.3, 0.4) is 0 Å². The van der Waals surface area contributed by atoms with Crippen LogP contribution in [-0.4, -0.2) is 31.6 Å². The second kappa shape index (κ2) is 6.16. The van der Waals surface area contributed by atoms with Crippen molar-refractivity contribution in [2.75, 3.05) is 21.9 Å². The molecule has 0 atom stereocenters. The Morgan fingerprint density at radius 3 is 2.67 bits per heavy atom. The molecule has 0 saturated carbocycles. The molecule has 2 heterocycles. The summed E-state index contributed by atoms with van der Waals surface area (Å²) in [7, 11) is -3.43. The minimum Gasteiger partial charge on any atom is -0.319 e. The fraction of sp³-hybridized carbons (Fsp3) is 0.200. The number of nitrogens with one attached hydrogen (secondary N) is 1. The van der Waals surface area contributed by atoms with Gasteiger partial charge in [-0.2, -0.15) is 0 Å². The number of nitrogens with zero attached hydrogens (tertiary/aromatic N) is 2. The molecule has 1 amide bonds. The first kappa shape index (κ1) is 16.3. The van der Waals surface area contributed by atoms with Gasteiger partial charge in [-0.25, -0.2) is 17.2 Å². The van der Waals surface area contributed by atoms with E-state index in [9.17, 15) is 22.0 Å². The van der Waals surface area contributed by atoms with Gasteiger partial charge in [0, 0.05) is 12.7 Å². The summed E-state index contributed by atoms with van der Waals surface area (Å²) >= 11 is 0. The Kier molecular flexibility index (Phi) is 4.18. The van der Waals surface area contributed by atoms with E-state index in [-0.39, 0.29) is 22.7 Å². The molecule has 0 unspecified atom stereocenters. The molecule has 1 saturated heterocycles. The molecule has 0 aliphatic carbocycles. The van der Waals surface area contributed by atoms with E-state index in [1.54, 1.807) is 0 Å². The molecule has 1 aromatic carbocycles. The summed E-state index contributed by atoms with van der Waals surface area (Å²) in [5, 5.41) is 2.26. The van der Waals surface area contributed by atoms with Crippen molar-refractivity contribution in [3.05, 3.63) is 53.9 Å². The smallest absolute Gasteiger partial charge is 0.258 e. The highest BCUT2D eigenvalue weighted by Gasteiger charge is 2.29. The van der Waals surface area contributed by atoms with Gasteiger partial charge in [0.1, 0.15) is 5.82 Å². The predicted octanol–water partition coefficient (Wildman–Crippen LogP) is 2.15. The quantitative estimate of drug-likeness (QED) is 0.917. The lowest BCUT2D eigenvalue weighted by molar-refractivity contribution is 0.102. The van der Waals surface area contributed by atoms with Crippen LogP contribution in [0, 0.1) is 11.6 Å². The minimum atomic E-state index is -3.43. The topological polar surface area (TPSA) is 79.4 Å². The van der Waals surface area contributed by atoms with Crippen LogP contribution in [0.1, 0.15) is 16.8 Å². The van der Waals surface area contributed by atoms with E-state index in [1.165, 1.54) is 18.3 Å². The SMILES string of the molecule is O=C(Nc1cc(N2CCCS2(=O)=O)ccc1F)c1ccncc1F. The molecule has 1 fully saturated rings. The Hall–Kier alpha value is -2.55. The highest BCUT2D eigenvalue weighted by molar-refractivity contribution is 7.93. The molecule has 0 spiro atoms. The van der Waals surface area contributed by atoms with E-state index in [2.05, 4.69) is 10.3 Å². The highest BCUT2D eigenvalue weighted by atomic mass is 32.2. The van der Waals surface area contributed by atoms with Crippen LogP contribution in [0.4, 0.5) is 20.2 Å². The minimum absolute atomic E-state index is 0.0221. The molecular formula is C15H13F2N3O3S. The van der Waals surface area contributed by atoms with Gasteiger partial charge in [-0.05, 0) is 30.7 Å². The molecular weight excluding hydrogens is 340 g/mol. The zero-order valence-corrected chi connectivity index (χ0v) is 13.2. The van der Waals surface area contributed by atoms with Crippen LogP contribution in [0.15, 0.2) is 36.7 Å². The Morgan fingerprint density at radius 2 is 2.00 bits per heavy atom. The van der Waals surface area contributed by atoms with Crippen LogP contribution >= 0.6 is 0 Å². The Balaban J connectivity index is 1.90. The Labute approximate surface area is 137 Å². The molecule has 3 rings (SSSR count). The Bertz CT molecular complexity index is 903. The van der Waals surface area contributed by atoms with Crippen LogP contribution in [0.5, 0.6) is 0 Å². The number of halogens is 2. The lowest BCUT2D eigenvalue weighted by Crippen LogP contribution is -2.25. The summed E-state index contributed by atoms with van der Waals surface area (Å²) in [4.78, 5) is 15.6. The maximum absolute atomic E-state index is 13.9. The third-order valence-corrected chi connectivity index (χ3v) is 5.47. The molecule has 24 heavy (non-hydrogen) atoms. The lowest BCUT2D eigenvalue weighted by atomic mass is 10.2. The third-order valence-electron chi connectivity index (χ3n) is 3.60. The third kappa shape index (κ3) is 3.07. The van der Waals surface area contributed by atoms with Gasteiger partial charge in [0.2, 0.25) is 10.0 Å². The number of hydrogen-bond acceptors (Lipinski definition) is 4. The largest absolute Gasteiger partial charge is 0.319 e. The van der Waals surface area contributed by atoms with E-state index in [1.807, 2.05) is 0 Å². The van der Waals surface area contributed by atoms with Crippen molar-refractivity contribution in [3.63, 3.8) is 0 Å². The Morgan fingerprint density at radius 1 is 1.21 bits per heavy atom. The number of rotatable bonds is 3.